The van der Waals surface area contributed by atoms with Gasteiger partial charge in [-0.25, -0.2) is 9.48 Å². The largest absolute Gasteiger partial charge is 0.452 e. The second kappa shape index (κ2) is 6.26. The van der Waals surface area contributed by atoms with E-state index in [0.717, 1.165) is 5.52 Å². The Morgan fingerprint density at radius 2 is 2.22 bits per heavy atom. The summed E-state index contributed by atoms with van der Waals surface area (Å²) in [6.07, 6.45) is 1.32. The average Bonchev–Trinajstić information content (AvgIpc) is 3.20. The first-order valence-electron chi connectivity index (χ1n) is 6.88. The highest BCUT2D eigenvalue weighted by atomic mass is 16.5. The summed E-state index contributed by atoms with van der Waals surface area (Å²) < 4.78 is 11.2. The summed E-state index contributed by atoms with van der Waals surface area (Å²) in [4.78, 5) is 23.6. The average molecular weight is 315 g/mol. The van der Waals surface area contributed by atoms with Crippen LogP contribution in [0.5, 0.6) is 0 Å². The van der Waals surface area contributed by atoms with Crippen LogP contribution in [0.15, 0.2) is 35.1 Å². The van der Waals surface area contributed by atoms with E-state index in [4.69, 9.17) is 4.74 Å². The molecule has 0 aliphatic rings. The van der Waals surface area contributed by atoms with Gasteiger partial charge in [-0.15, -0.1) is 5.10 Å². The Labute approximate surface area is 130 Å². The molecule has 1 aromatic carbocycles. The van der Waals surface area contributed by atoms with E-state index in [9.17, 15) is 9.59 Å². The number of aromatic nitrogens is 4. The maximum atomic E-state index is 12.0. The first-order chi connectivity index (χ1) is 11.2. The lowest BCUT2D eigenvalue weighted by Crippen LogP contribution is -2.21. The zero-order valence-electron chi connectivity index (χ0n) is 12.2. The molecular formula is C14H13N5O4. The molecular weight excluding hydrogens is 302 g/mol. The lowest BCUT2D eigenvalue weighted by Gasteiger charge is -2.04. The summed E-state index contributed by atoms with van der Waals surface area (Å²) >= 11 is 0. The monoisotopic (exact) mass is 315 g/mol. The standard InChI is InChI=1S/C14H13N5O4/c1-2-19-11-4-3-9(7-10(11)16-18-19)14(21)22-8-13(20)15-12-5-6-23-17-12/h3-7H,2,8H2,1H3,(H,15,17,20). The number of anilines is 1. The number of carbonyl (C=O) groups excluding carboxylic acids is 2. The minimum absolute atomic E-state index is 0.253. The molecule has 0 radical (unpaired) electrons. The number of aryl methyl sites for hydroxylation is 1. The lowest BCUT2D eigenvalue weighted by atomic mass is 10.2. The second-order valence-electron chi connectivity index (χ2n) is 4.62. The Morgan fingerprint density at radius 1 is 1.35 bits per heavy atom. The molecule has 0 atom stereocenters. The van der Waals surface area contributed by atoms with Crippen LogP contribution in [0.1, 0.15) is 17.3 Å². The van der Waals surface area contributed by atoms with Crippen LogP contribution in [0.3, 0.4) is 0 Å². The summed E-state index contributed by atoms with van der Waals surface area (Å²) in [6.45, 7) is 2.21. The number of hydrogen-bond donors (Lipinski definition) is 1. The van der Waals surface area contributed by atoms with Gasteiger partial charge in [-0.2, -0.15) is 0 Å². The fourth-order valence-corrected chi connectivity index (χ4v) is 2.00. The molecule has 0 bridgehead atoms. The van der Waals surface area contributed by atoms with E-state index in [1.807, 2.05) is 6.92 Å². The number of carbonyl (C=O) groups is 2. The van der Waals surface area contributed by atoms with Gasteiger partial charge in [0.1, 0.15) is 11.8 Å². The molecule has 23 heavy (non-hydrogen) atoms. The summed E-state index contributed by atoms with van der Waals surface area (Å²) in [7, 11) is 0. The third-order valence-corrected chi connectivity index (χ3v) is 3.09. The van der Waals surface area contributed by atoms with Crippen LogP contribution >= 0.6 is 0 Å². The van der Waals surface area contributed by atoms with Crippen molar-refractivity contribution >= 4 is 28.7 Å². The molecule has 0 unspecified atom stereocenters. The number of amides is 1. The molecule has 0 saturated carbocycles. The zero-order chi connectivity index (χ0) is 16.2. The predicted molar refractivity (Wildman–Crippen MR) is 78.6 cm³/mol. The van der Waals surface area contributed by atoms with Gasteiger partial charge in [-0.3, -0.25) is 4.79 Å². The molecule has 0 spiro atoms. The van der Waals surface area contributed by atoms with Crippen molar-refractivity contribution < 1.29 is 18.8 Å². The highest BCUT2D eigenvalue weighted by Crippen LogP contribution is 2.14. The van der Waals surface area contributed by atoms with Crippen molar-refractivity contribution in [2.45, 2.75) is 13.5 Å². The van der Waals surface area contributed by atoms with E-state index < -0.39 is 18.5 Å². The Morgan fingerprint density at radius 3 is 2.96 bits per heavy atom. The number of esters is 1. The molecule has 1 amide bonds. The van der Waals surface area contributed by atoms with E-state index in [2.05, 4.69) is 25.3 Å². The van der Waals surface area contributed by atoms with Crippen molar-refractivity contribution in [3.8, 4) is 0 Å². The number of fused-ring (bicyclic) bond motifs is 1. The molecule has 3 aromatic rings. The smallest absolute Gasteiger partial charge is 0.338 e. The zero-order valence-corrected chi connectivity index (χ0v) is 12.2. The molecule has 0 saturated heterocycles. The molecule has 0 aliphatic heterocycles. The normalized spacial score (nSPS) is 10.7. The lowest BCUT2D eigenvalue weighted by molar-refractivity contribution is -0.119. The van der Waals surface area contributed by atoms with E-state index in [0.29, 0.717) is 17.6 Å². The Bertz CT molecular complexity index is 840. The van der Waals surface area contributed by atoms with Gasteiger partial charge < -0.3 is 14.6 Å². The van der Waals surface area contributed by atoms with Gasteiger partial charge in [0, 0.05) is 12.6 Å². The van der Waals surface area contributed by atoms with E-state index in [1.165, 1.54) is 12.3 Å². The second-order valence-corrected chi connectivity index (χ2v) is 4.62. The van der Waals surface area contributed by atoms with Gasteiger partial charge in [0.15, 0.2) is 12.4 Å². The van der Waals surface area contributed by atoms with E-state index in [-0.39, 0.29) is 5.82 Å². The fourth-order valence-electron chi connectivity index (χ4n) is 2.00. The SMILES string of the molecule is CCn1nnc2cc(C(=O)OCC(=O)Nc3ccon3)ccc21. The number of hydrogen-bond acceptors (Lipinski definition) is 7. The van der Waals surface area contributed by atoms with Crippen molar-refractivity contribution in [3.63, 3.8) is 0 Å². The fraction of sp³-hybridized carbons (Fsp3) is 0.214. The third kappa shape index (κ3) is 3.18. The van der Waals surface area contributed by atoms with Gasteiger partial charge in [0.25, 0.3) is 5.91 Å². The minimum Gasteiger partial charge on any atom is -0.452 e. The van der Waals surface area contributed by atoms with Gasteiger partial charge in [-0.1, -0.05) is 10.4 Å². The number of benzene rings is 1. The molecule has 9 heteroatoms. The molecule has 2 heterocycles. The van der Waals surface area contributed by atoms with Gasteiger partial charge in [0.2, 0.25) is 0 Å². The first kappa shape index (κ1) is 14.7. The maximum Gasteiger partial charge on any atom is 0.338 e. The Kier molecular flexibility index (Phi) is 4.00. The molecule has 0 fully saturated rings. The van der Waals surface area contributed by atoms with Crippen LogP contribution in [-0.2, 0) is 16.1 Å². The topological polar surface area (TPSA) is 112 Å². The first-order valence-corrected chi connectivity index (χ1v) is 6.88. The summed E-state index contributed by atoms with van der Waals surface area (Å²) in [6, 6.07) is 6.40. The van der Waals surface area contributed by atoms with Crippen LogP contribution in [-0.4, -0.2) is 38.6 Å². The highest BCUT2D eigenvalue weighted by molar-refractivity contribution is 5.96. The molecule has 2 aromatic heterocycles. The van der Waals surface area contributed by atoms with Gasteiger partial charge in [-0.05, 0) is 25.1 Å². The van der Waals surface area contributed by atoms with Crippen molar-refractivity contribution in [1.29, 1.82) is 0 Å². The van der Waals surface area contributed by atoms with Crippen LogP contribution in [0.2, 0.25) is 0 Å². The van der Waals surface area contributed by atoms with E-state index in [1.54, 1.807) is 22.9 Å². The molecule has 9 nitrogen and oxygen atoms in total. The molecule has 0 aliphatic carbocycles. The van der Waals surface area contributed by atoms with Gasteiger partial charge >= 0.3 is 5.97 Å². The quantitative estimate of drug-likeness (QED) is 0.705. The molecule has 118 valence electrons. The third-order valence-electron chi connectivity index (χ3n) is 3.09. The maximum absolute atomic E-state index is 12.0. The van der Waals surface area contributed by atoms with Crippen LogP contribution in [0.25, 0.3) is 11.0 Å². The van der Waals surface area contributed by atoms with Crippen LogP contribution in [0, 0.1) is 0 Å². The Balaban J connectivity index is 1.62. The van der Waals surface area contributed by atoms with Crippen molar-refractivity contribution in [2.24, 2.45) is 0 Å². The number of rotatable bonds is 5. The predicted octanol–water partition coefficient (Wildman–Crippen LogP) is 1.23. The van der Waals surface area contributed by atoms with Crippen molar-refractivity contribution in [1.82, 2.24) is 20.2 Å². The van der Waals surface area contributed by atoms with E-state index >= 15 is 0 Å². The molecule has 3 rings (SSSR count). The van der Waals surface area contributed by atoms with Crippen LogP contribution in [0.4, 0.5) is 5.82 Å². The minimum atomic E-state index is -0.617. The number of ether oxygens (including phenoxy) is 1. The summed E-state index contributed by atoms with van der Waals surface area (Å²) in [5, 5.41) is 13.9. The van der Waals surface area contributed by atoms with Crippen molar-refractivity contribution in [3.05, 3.63) is 36.1 Å². The summed E-state index contributed by atoms with van der Waals surface area (Å²) in [5.74, 6) is -0.873. The van der Waals surface area contributed by atoms with Crippen molar-refractivity contribution in [2.75, 3.05) is 11.9 Å². The van der Waals surface area contributed by atoms with Gasteiger partial charge in [0.05, 0.1) is 11.1 Å². The molecule has 1 N–H and O–H groups in total. The summed E-state index contributed by atoms with van der Waals surface area (Å²) in [5.41, 5.74) is 1.72. The van der Waals surface area contributed by atoms with Crippen LogP contribution < -0.4 is 5.32 Å². The Hall–Kier alpha value is -3.23. The number of nitrogens with one attached hydrogen (secondary N) is 1. The number of nitrogens with zero attached hydrogens (tertiary/aromatic N) is 4. The highest BCUT2D eigenvalue weighted by Gasteiger charge is 2.13.